The van der Waals surface area contributed by atoms with Gasteiger partial charge in [0, 0.05) is 13.1 Å². The fourth-order valence-electron chi connectivity index (χ4n) is 0.819. The van der Waals surface area contributed by atoms with Crippen molar-refractivity contribution in [3.63, 3.8) is 0 Å². The zero-order valence-corrected chi connectivity index (χ0v) is 5.59. The molecule has 48 valence electrons. The van der Waals surface area contributed by atoms with Crippen LogP contribution in [-0.4, -0.2) is 24.0 Å². The van der Waals surface area contributed by atoms with Crippen LogP contribution >= 0.6 is 0 Å². The Balaban J connectivity index is 2.22. The molecule has 9 heavy (non-hydrogen) atoms. The molecule has 0 saturated carbocycles. The van der Waals surface area contributed by atoms with E-state index >= 15 is 0 Å². The molecule has 0 amide bonds. The highest BCUT2D eigenvalue weighted by atomic mass is 15.3. The van der Waals surface area contributed by atoms with Crippen LogP contribution in [0.25, 0.3) is 0 Å². The van der Waals surface area contributed by atoms with Gasteiger partial charge in [0.2, 0.25) is 0 Å². The fraction of sp³-hybridized carbons (Fsp3) is 0.571. The zero-order chi connectivity index (χ0) is 6.85. The maximum atomic E-state index is 8.37. The topological polar surface area (TPSA) is 26.8 Å². The first kappa shape index (κ1) is 6.31. The van der Waals surface area contributed by atoms with Gasteiger partial charge in [-0.05, 0) is 6.92 Å². The maximum Gasteiger partial charge on any atom is 0.111 e. The predicted octanol–water partition coefficient (Wildman–Crippen LogP) is 0.770. The highest BCUT2D eigenvalue weighted by molar-refractivity contribution is 5.10. The van der Waals surface area contributed by atoms with Gasteiger partial charge in [-0.15, -0.1) is 0 Å². The molecule has 0 spiro atoms. The molecule has 1 aliphatic heterocycles. The summed E-state index contributed by atoms with van der Waals surface area (Å²) in [5.41, 5.74) is 1.13. The molecule has 0 aromatic carbocycles. The molecule has 0 bridgehead atoms. The summed E-state index contributed by atoms with van der Waals surface area (Å²) in [6.07, 6.45) is 0. The van der Waals surface area contributed by atoms with Crippen molar-refractivity contribution in [2.24, 2.45) is 0 Å². The highest BCUT2D eigenvalue weighted by Gasteiger charge is 2.32. The summed E-state index contributed by atoms with van der Waals surface area (Å²) in [6.45, 7) is 7.55. The average molecular weight is 122 g/mol. The number of nitriles is 1. The van der Waals surface area contributed by atoms with E-state index in [9.17, 15) is 0 Å². The summed E-state index contributed by atoms with van der Waals surface area (Å²) in [6, 6.07) is 2.36. The first-order valence-corrected chi connectivity index (χ1v) is 3.02. The third-order valence-electron chi connectivity index (χ3n) is 1.34. The molecule has 2 atom stereocenters. The lowest BCUT2D eigenvalue weighted by molar-refractivity contribution is 0.584. The van der Waals surface area contributed by atoms with Gasteiger partial charge in [0.15, 0.2) is 0 Å². The summed E-state index contributed by atoms with van der Waals surface area (Å²) in [4.78, 5) is 2.09. The van der Waals surface area contributed by atoms with Crippen molar-refractivity contribution in [1.29, 1.82) is 5.26 Å². The van der Waals surface area contributed by atoms with Gasteiger partial charge in [-0.2, -0.15) is 5.26 Å². The second kappa shape index (κ2) is 2.20. The minimum absolute atomic E-state index is 0.182. The van der Waals surface area contributed by atoms with Gasteiger partial charge in [-0.1, -0.05) is 12.2 Å². The van der Waals surface area contributed by atoms with Gasteiger partial charge in [-0.3, -0.25) is 4.90 Å². The molecule has 2 nitrogen and oxygen atoms in total. The van der Waals surface area contributed by atoms with Gasteiger partial charge in [-0.25, -0.2) is 0 Å². The number of nitrogens with zero attached hydrogens (tertiary/aromatic N) is 2. The van der Waals surface area contributed by atoms with Crippen LogP contribution < -0.4 is 0 Å². The van der Waals surface area contributed by atoms with E-state index in [2.05, 4.69) is 17.5 Å². The molecule has 0 aromatic heterocycles. The van der Waals surface area contributed by atoms with Crippen LogP contribution in [0.4, 0.5) is 0 Å². The van der Waals surface area contributed by atoms with Gasteiger partial charge in [0.1, 0.15) is 6.04 Å². The standard InChI is InChI=1S/C7H10N2/c1-6(2)4-9-5-7(9)3-8/h7H,1,4-5H2,2H3. The van der Waals surface area contributed by atoms with Crippen molar-refractivity contribution in [3.05, 3.63) is 12.2 Å². The molecule has 0 radical (unpaired) electrons. The van der Waals surface area contributed by atoms with Crippen molar-refractivity contribution < 1.29 is 0 Å². The van der Waals surface area contributed by atoms with Crippen LogP contribution in [0.3, 0.4) is 0 Å². The molecule has 1 heterocycles. The third-order valence-corrected chi connectivity index (χ3v) is 1.34. The van der Waals surface area contributed by atoms with E-state index in [1.165, 1.54) is 0 Å². The second-order valence-electron chi connectivity index (χ2n) is 2.53. The van der Waals surface area contributed by atoms with E-state index in [0.29, 0.717) is 0 Å². The Hall–Kier alpha value is -0.810. The molecule has 0 N–H and O–H groups in total. The lowest BCUT2D eigenvalue weighted by Gasteiger charge is -1.96. The van der Waals surface area contributed by atoms with Crippen LogP contribution in [0.5, 0.6) is 0 Å². The largest absolute Gasteiger partial charge is 0.280 e. The smallest absolute Gasteiger partial charge is 0.111 e. The Morgan fingerprint density at radius 2 is 2.67 bits per heavy atom. The highest BCUT2D eigenvalue weighted by Crippen LogP contribution is 2.16. The van der Waals surface area contributed by atoms with Crippen LogP contribution in [0, 0.1) is 11.3 Å². The van der Waals surface area contributed by atoms with Crippen molar-refractivity contribution >= 4 is 0 Å². The summed E-state index contributed by atoms with van der Waals surface area (Å²) in [7, 11) is 0. The summed E-state index contributed by atoms with van der Waals surface area (Å²) < 4.78 is 0. The van der Waals surface area contributed by atoms with E-state index in [0.717, 1.165) is 18.7 Å². The molecule has 1 fully saturated rings. The van der Waals surface area contributed by atoms with Crippen LogP contribution in [0.15, 0.2) is 12.2 Å². The first-order valence-electron chi connectivity index (χ1n) is 3.02. The Bertz CT molecular complexity index is 166. The van der Waals surface area contributed by atoms with Gasteiger partial charge >= 0.3 is 0 Å². The predicted molar refractivity (Wildman–Crippen MR) is 35.8 cm³/mol. The molecule has 1 saturated heterocycles. The second-order valence-corrected chi connectivity index (χ2v) is 2.53. The van der Waals surface area contributed by atoms with Gasteiger partial charge in [0.25, 0.3) is 0 Å². The van der Waals surface area contributed by atoms with E-state index in [-0.39, 0.29) is 6.04 Å². The SMILES string of the molecule is C=C(C)CN1CC1C#N. The molecule has 1 aliphatic rings. The Morgan fingerprint density at radius 1 is 2.00 bits per heavy atom. The fourth-order valence-corrected chi connectivity index (χ4v) is 0.819. The van der Waals surface area contributed by atoms with Crippen LogP contribution in [0.2, 0.25) is 0 Å². The van der Waals surface area contributed by atoms with E-state index in [1.807, 2.05) is 6.92 Å². The third kappa shape index (κ3) is 1.55. The Kier molecular flexibility index (Phi) is 1.54. The maximum absolute atomic E-state index is 8.37. The zero-order valence-electron chi connectivity index (χ0n) is 5.59. The van der Waals surface area contributed by atoms with Crippen LogP contribution in [-0.2, 0) is 0 Å². The Labute approximate surface area is 55.4 Å². The molecule has 0 aliphatic carbocycles. The van der Waals surface area contributed by atoms with Gasteiger partial charge < -0.3 is 0 Å². The number of hydrogen-bond donors (Lipinski definition) is 0. The summed E-state index contributed by atoms with van der Waals surface area (Å²) in [5.74, 6) is 0. The molecular weight excluding hydrogens is 112 g/mol. The van der Waals surface area contributed by atoms with E-state index < -0.39 is 0 Å². The molecule has 2 unspecified atom stereocenters. The quantitative estimate of drug-likeness (QED) is 0.399. The van der Waals surface area contributed by atoms with Crippen molar-refractivity contribution in [1.82, 2.24) is 4.90 Å². The summed E-state index contributed by atoms with van der Waals surface area (Å²) in [5, 5.41) is 8.37. The van der Waals surface area contributed by atoms with Crippen molar-refractivity contribution in [2.45, 2.75) is 13.0 Å². The molecule has 1 rings (SSSR count). The van der Waals surface area contributed by atoms with E-state index in [4.69, 9.17) is 5.26 Å². The van der Waals surface area contributed by atoms with Gasteiger partial charge in [0.05, 0.1) is 6.07 Å². The number of hydrogen-bond acceptors (Lipinski definition) is 2. The number of rotatable bonds is 2. The lowest BCUT2D eigenvalue weighted by Crippen LogP contribution is -2.02. The van der Waals surface area contributed by atoms with Crippen molar-refractivity contribution in [2.75, 3.05) is 13.1 Å². The molecular formula is C7H10N2. The van der Waals surface area contributed by atoms with Crippen molar-refractivity contribution in [3.8, 4) is 6.07 Å². The summed E-state index contributed by atoms with van der Waals surface area (Å²) >= 11 is 0. The minimum atomic E-state index is 0.182. The van der Waals surface area contributed by atoms with E-state index in [1.54, 1.807) is 0 Å². The molecule has 2 heteroatoms. The minimum Gasteiger partial charge on any atom is -0.280 e. The first-order chi connectivity index (χ1) is 4.24. The normalized spacial score (nSPS) is 31.1. The monoisotopic (exact) mass is 122 g/mol. The average Bonchev–Trinajstić information content (AvgIpc) is 2.45. The lowest BCUT2D eigenvalue weighted by atomic mass is 10.3. The Morgan fingerprint density at radius 3 is 3.00 bits per heavy atom. The molecule has 0 aromatic rings. The van der Waals surface area contributed by atoms with Crippen LogP contribution in [0.1, 0.15) is 6.92 Å².